The maximum Gasteiger partial charge on any atom is 0.141 e. The van der Waals surface area contributed by atoms with Crippen LogP contribution in [0.15, 0.2) is 42.5 Å². The summed E-state index contributed by atoms with van der Waals surface area (Å²) in [4.78, 5) is 4.82. The number of alkyl halides is 1. The van der Waals surface area contributed by atoms with Gasteiger partial charge in [-0.1, -0.05) is 29.8 Å². The van der Waals surface area contributed by atoms with Crippen molar-refractivity contribution in [3.8, 4) is 11.4 Å². The normalized spacial score (nSPS) is 14.8. The Bertz CT molecular complexity index is 819. The van der Waals surface area contributed by atoms with Crippen molar-refractivity contribution in [1.82, 2.24) is 9.55 Å². The highest BCUT2D eigenvalue weighted by molar-refractivity contribution is 6.31. The molecule has 4 heteroatoms. The molecule has 0 amide bonds. The molecule has 0 unspecified atom stereocenters. The molecule has 0 N–H and O–H groups in total. The Morgan fingerprint density at radius 2 is 2.00 bits per heavy atom. The minimum atomic E-state index is 0.517. The van der Waals surface area contributed by atoms with Gasteiger partial charge in [-0.25, -0.2) is 4.98 Å². The Kier molecular flexibility index (Phi) is 3.16. The molecular weight excluding hydrogens is 303 g/mol. The lowest BCUT2D eigenvalue weighted by Crippen LogP contribution is -1.97. The summed E-state index contributed by atoms with van der Waals surface area (Å²) in [6.07, 6.45) is 2.44. The molecule has 0 atom stereocenters. The first-order valence-electron chi connectivity index (χ1n) is 7.09. The number of aromatic nitrogens is 2. The number of halogens is 2. The van der Waals surface area contributed by atoms with Crippen molar-refractivity contribution in [2.75, 3.05) is 0 Å². The second-order valence-electron chi connectivity index (χ2n) is 5.50. The van der Waals surface area contributed by atoms with E-state index in [2.05, 4.69) is 22.8 Å². The molecule has 4 rings (SSSR count). The molecule has 3 aromatic rings. The van der Waals surface area contributed by atoms with Gasteiger partial charge in [-0.2, -0.15) is 0 Å². The topological polar surface area (TPSA) is 17.8 Å². The van der Waals surface area contributed by atoms with Crippen LogP contribution in [0.4, 0.5) is 0 Å². The van der Waals surface area contributed by atoms with E-state index in [1.165, 1.54) is 12.8 Å². The fraction of sp³-hybridized carbons (Fsp3) is 0.235. The van der Waals surface area contributed by atoms with Gasteiger partial charge in [0.25, 0.3) is 0 Å². The third kappa shape index (κ3) is 2.33. The summed E-state index contributed by atoms with van der Waals surface area (Å²) < 4.78 is 2.35. The van der Waals surface area contributed by atoms with Gasteiger partial charge in [0.2, 0.25) is 0 Å². The molecule has 0 spiro atoms. The zero-order valence-corrected chi connectivity index (χ0v) is 12.9. The summed E-state index contributed by atoms with van der Waals surface area (Å²) in [6.45, 7) is 0. The molecule has 1 heterocycles. The Hall–Kier alpha value is -1.51. The Morgan fingerprint density at radius 1 is 1.14 bits per heavy atom. The first kappa shape index (κ1) is 13.2. The van der Waals surface area contributed by atoms with E-state index in [9.17, 15) is 0 Å². The first-order chi connectivity index (χ1) is 10.3. The molecular formula is C17H14Cl2N2. The summed E-state index contributed by atoms with van der Waals surface area (Å²) in [7, 11) is 0. The lowest BCUT2D eigenvalue weighted by molar-refractivity contribution is 0.775. The largest absolute Gasteiger partial charge is 0.321 e. The second-order valence-corrected chi connectivity index (χ2v) is 6.21. The monoisotopic (exact) mass is 316 g/mol. The molecule has 2 aromatic carbocycles. The van der Waals surface area contributed by atoms with Crippen LogP contribution in [0.3, 0.4) is 0 Å². The van der Waals surface area contributed by atoms with Crippen LogP contribution in [0.2, 0.25) is 5.02 Å². The number of hydrogen-bond acceptors (Lipinski definition) is 1. The predicted molar refractivity (Wildman–Crippen MR) is 88.0 cm³/mol. The Morgan fingerprint density at radius 3 is 2.76 bits per heavy atom. The van der Waals surface area contributed by atoms with Crippen molar-refractivity contribution in [2.45, 2.75) is 24.8 Å². The van der Waals surface area contributed by atoms with Gasteiger partial charge in [0, 0.05) is 22.5 Å². The molecule has 2 nitrogen and oxygen atoms in total. The number of benzene rings is 2. The first-order valence-corrected chi connectivity index (χ1v) is 8.00. The van der Waals surface area contributed by atoms with Crippen LogP contribution in [0, 0.1) is 0 Å². The van der Waals surface area contributed by atoms with E-state index in [0.29, 0.717) is 11.9 Å². The third-order valence-corrected chi connectivity index (χ3v) is 4.45. The van der Waals surface area contributed by atoms with Crippen molar-refractivity contribution in [2.24, 2.45) is 0 Å². The Labute approximate surface area is 133 Å². The summed E-state index contributed by atoms with van der Waals surface area (Å²) in [5.74, 6) is 1.53. The third-order valence-electron chi connectivity index (χ3n) is 3.90. The van der Waals surface area contributed by atoms with Crippen LogP contribution >= 0.6 is 23.2 Å². The molecule has 106 valence electrons. The zero-order chi connectivity index (χ0) is 14.4. The van der Waals surface area contributed by atoms with E-state index in [1.54, 1.807) is 0 Å². The van der Waals surface area contributed by atoms with E-state index in [0.717, 1.165) is 33.0 Å². The number of rotatable bonds is 3. The average Bonchev–Trinajstić information content (AvgIpc) is 3.27. The summed E-state index contributed by atoms with van der Waals surface area (Å²) in [5.41, 5.74) is 4.35. The number of imidazole rings is 1. The maximum atomic E-state index is 6.10. The van der Waals surface area contributed by atoms with Gasteiger partial charge < -0.3 is 4.57 Å². The van der Waals surface area contributed by atoms with Crippen molar-refractivity contribution < 1.29 is 0 Å². The van der Waals surface area contributed by atoms with Crippen molar-refractivity contribution >= 4 is 34.2 Å². The lowest BCUT2D eigenvalue weighted by Gasteiger charge is -2.08. The summed E-state index contributed by atoms with van der Waals surface area (Å²) in [5, 5.41) is 0.726. The molecule has 1 aromatic heterocycles. The maximum absolute atomic E-state index is 6.10. The van der Waals surface area contributed by atoms with E-state index >= 15 is 0 Å². The van der Waals surface area contributed by atoms with Gasteiger partial charge >= 0.3 is 0 Å². The molecule has 1 aliphatic carbocycles. The van der Waals surface area contributed by atoms with E-state index in [-0.39, 0.29) is 0 Å². The molecule has 21 heavy (non-hydrogen) atoms. The van der Waals surface area contributed by atoms with Crippen LogP contribution in [-0.4, -0.2) is 9.55 Å². The van der Waals surface area contributed by atoms with Crippen molar-refractivity contribution in [3.05, 3.63) is 53.1 Å². The lowest BCUT2D eigenvalue weighted by atomic mass is 10.1. The highest BCUT2D eigenvalue weighted by Crippen LogP contribution is 2.41. The highest BCUT2D eigenvalue weighted by atomic mass is 35.5. The minimum Gasteiger partial charge on any atom is -0.321 e. The van der Waals surface area contributed by atoms with Crippen molar-refractivity contribution in [1.29, 1.82) is 0 Å². The van der Waals surface area contributed by atoms with Crippen LogP contribution in [0.5, 0.6) is 0 Å². The molecule has 0 aliphatic heterocycles. The number of hydrogen-bond donors (Lipinski definition) is 0. The van der Waals surface area contributed by atoms with E-state index in [4.69, 9.17) is 28.2 Å². The quantitative estimate of drug-likeness (QED) is 0.589. The fourth-order valence-corrected chi connectivity index (χ4v) is 3.10. The van der Waals surface area contributed by atoms with Crippen molar-refractivity contribution in [3.63, 3.8) is 0 Å². The van der Waals surface area contributed by atoms with Crippen LogP contribution in [0.25, 0.3) is 22.4 Å². The van der Waals surface area contributed by atoms with Crippen LogP contribution < -0.4 is 0 Å². The van der Waals surface area contributed by atoms with Gasteiger partial charge in [-0.15, -0.1) is 11.6 Å². The van der Waals surface area contributed by atoms with Gasteiger partial charge in [0.15, 0.2) is 0 Å². The molecule has 1 saturated carbocycles. The standard InChI is InChI=1S/C17H14Cl2N2/c18-10-11-2-1-3-12(8-11)17-20-15-9-13(19)4-7-16(15)21(17)14-5-6-14/h1-4,7-9,14H,5-6,10H2. The fourth-order valence-electron chi connectivity index (χ4n) is 2.77. The van der Waals surface area contributed by atoms with Gasteiger partial charge in [0.1, 0.15) is 5.82 Å². The van der Waals surface area contributed by atoms with E-state index in [1.807, 2.05) is 24.3 Å². The minimum absolute atomic E-state index is 0.517. The average molecular weight is 317 g/mol. The van der Waals surface area contributed by atoms with Gasteiger partial charge in [0.05, 0.1) is 11.0 Å². The van der Waals surface area contributed by atoms with Gasteiger partial charge in [-0.05, 0) is 42.7 Å². The Balaban J connectivity index is 1.96. The molecule has 0 radical (unpaired) electrons. The predicted octanol–water partition coefficient (Wildman–Crippen LogP) is 5.43. The number of nitrogens with zero attached hydrogens (tertiary/aromatic N) is 2. The number of fused-ring (bicyclic) bond motifs is 1. The molecule has 0 bridgehead atoms. The summed E-state index contributed by atoms with van der Waals surface area (Å²) >= 11 is 12.1. The molecule has 0 saturated heterocycles. The van der Waals surface area contributed by atoms with Crippen LogP contribution in [-0.2, 0) is 5.88 Å². The van der Waals surface area contributed by atoms with Gasteiger partial charge in [-0.3, -0.25) is 0 Å². The summed E-state index contributed by atoms with van der Waals surface area (Å²) in [6, 6.07) is 14.8. The SMILES string of the molecule is ClCc1cccc(-c2nc3cc(Cl)ccc3n2C2CC2)c1. The smallest absolute Gasteiger partial charge is 0.141 e. The second kappa shape index (κ2) is 5.04. The van der Waals surface area contributed by atoms with Crippen LogP contribution in [0.1, 0.15) is 24.4 Å². The molecule has 1 aliphatic rings. The van der Waals surface area contributed by atoms with E-state index < -0.39 is 0 Å². The highest BCUT2D eigenvalue weighted by Gasteiger charge is 2.28. The zero-order valence-electron chi connectivity index (χ0n) is 11.4. The molecule has 1 fully saturated rings.